The standard InChI is InChI=1S/C10H13F2NOS/c1-6(13)7-3-4-9(15-10(11)12)8(5-7)14-2/h3-6,10H,13H2,1-2H3/t6-/m0/s1. The average Bonchev–Trinajstić information content (AvgIpc) is 2.17. The van der Waals surface area contributed by atoms with E-state index >= 15 is 0 Å². The van der Waals surface area contributed by atoms with Crippen molar-refractivity contribution in [1.29, 1.82) is 0 Å². The first kappa shape index (κ1) is 12.3. The number of alkyl halides is 2. The summed E-state index contributed by atoms with van der Waals surface area (Å²) in [5.41, 5.74) is 6.54. The van der Waals surface area contributed by atoms with Gasteiger partial charge in [0.15, 0.2) is 0 Å². The summed E-state index contributed by atoms with van der Waals surface area (Å²) < 4.78 is 29.4. The SMILES string of the molecule is COc1cc([C@H](C)N)ccc1SC(F)F. The van der Waals surface area contributed by atoms with Crippen molar-refractivity contribution in [2.45, 2.75) is 23.6 Å². The summed E-state index contributed by atoms with van der Waals surface area (Å²) in [6.07, 6.45) is 0. The third-order valence-corrected chi connectivity index (χ3v) is 2.70. The summed E-state index contributed by atoms with van der Waals surface area (Å²) in [6, 6.07) is 4.89. The van der Waals surface area contributed by atoms with E-state index in [-0.39, 0.29) is 6.04 Å². The lowest BCUT2D eigenvalue weighted by Gasteiger charge is -2.11. The van der Waals surface area contributed by atoms with Gasteiger partial charge in [0.25, 0.3) is 5.76 Å². The molecule has 0 heterocycles. The summed E-state index contributed by atoms with van der Waals surface area (Å²) in [5, 5.41) is 0. The molecule has 1 aromatic carbocycles. The van der Waals surface area contributed by atoms with Crippen LogP contribution in [-0.4, -0.2) is 12.9 Å². The Morgan fingerprint density at radius 1 is 1.40 bits per heavy atom. The summed E-state index contributed by atoms with van der Waals surface area (Å²) in [4.78, 5) is 0.428. The second-order valence-electron chi connectivity index (χ2n) is 3.08. The van der Waals surface area contributed by atoms with Gasteiger partial charge in [-0.2, -0.15) is 8.78 Å². The first-order valence-electron chi connectivity index (χ1n) is 4.43. The van der Waals surface area contributed by atoms with E-state index in [0.29, 0.717) is 22.4 Å². The molecule has 0 spiro atoms. The second-order valence-corrected chi connectivity index (χ2v) is 4.11. The van der Waals surface area contributed by atoms with Gasteiger partial charge in [0.1, 0.15) is 5.75 Å². The van der Waals surface area contributed by atoms with E-state index in [1.165, 1.54) is 7.11 Å². The molecule has 0 aliphatic heterocycles. The van der Waals surface area contributed by atoms with Crippen LogP contribution in [0.1, 0.15) is 18.5 Å². The quantitative estimate of drug-likeness (QED) is 0.812. The molecule has 0 radical (unpaired) electrons. The second kappa shape index (κ2) is 5.32. The molecule has 1 aromatic rings. The highest BCUT2D eigenvalue weighted by molar-refractivity contribution is 7.99. The zero-order valence-electron chi connectivity index (χ0n) is 8.54. The van der Waals surface area contributed by atoms with Crippen molar-refractivity contribution in [3.05, 3.63) is 23.8 Å². The maximum Gasteiger partial charge on any atom is 0.289 e. The summed E-state index contributed by atoms with van der Waals surface area (Å²) >= 11 is 0.471. The number of rotatable bonds is 4. The Labute approximate surface area is 91.8 Å². The number of hydrogen-bond donors (Lipinski definition) is 1. The van der Waals surface area contributed by atoms with E-state index in [1.54, 1.807) is 18.2 Å². The molecule has 1 rings (SSSR count). The number of hydrogen-bond acceptors (Lipinski definition) is 3. The van der Waals surface area contributed by atoms with Crippen LogP contribution in [-0.2, 0) is 0 Å². The summed E-state index contributed by atoms with van der Waals surface area (Å²) in [5.74, 6) is -2.00. The molecule has 1 atom stereocenters. The van der Waals surface area contributed by atoms with Crippen molar-refractivity contribution in [2.75, 3.05) is 7.11 Å². The maximum atomic E-state index is 12.2. The van der Waals surface area contributed by atoms with Gasteiger partial charge in [-0.05, 0) is 24.6 Å². The Morgan fingerprint density at radius 3 is 2.53 bits per heavy atom. The van der Waals surface area contributed by atoms with Crippen LogP contribution in [0.3, 0.4) is 0 Å². The first-order chi connectivity index (χ1) is 7.04. The Kier molecular flexibility index (Phi) is 4.35. The molecule has 0 aliphatic carbocycles. The van der Waals surface area contributed by atoms with Crippen molar-refractivity contribution in [2.24, 2.45) is 5.73 Å². The number of benzene rings is 1. The Bertz CT molecular complexity index is 331. The molecule has 84 valence electrons. The van der Waals surface area contributed by atoms with Crippen molar-refractivity contribution in [3.63, 3.8) is 0 Å². The summed E-state index contributed by atoms with van der Waals surface area (Å²) in [7, 11) is 1.45. The van der Waals surface area contributed by atoms with E-state index in [4.69, 9.17) is 10.5 Å². The molecule has 0 bridgehead atoms. The molecule has 2 nitrogen and oxygen atoms in total. The van der Waals surface area contributed by atoms with Gasteiger partial charge >= 0.3 is 0 Å². The number of ether oxygens (including phenoxy) is 1. The van der Waals surface area contributed by atoms with E-state index in [9.17, 15) is 8.78 Å². The van der Waals surface area contributed by atoms with E-state index in [0.717, 1.165) is 5.56 Å². The van der Waals surface area contributed by atoms with Gasteiger partial charge in [0, 0.05) is 6.04 Å². The largest absolute Gasteiger partial charge is 0.496 e. The minimum atomic E-state index is -2.44. The van der Waals surface area contributed by atoms with Gasteiger partial charge in [-0.3, -0.25) is 0 Å². The van der Waals surface area contributed by atoms with Crippen LogP contribution >= 0.6 is 11.8 Å². The lowest BCUT2D eigenvalue weighted by Crippen LogP contribution is -2.05. The third kappa shape index (κ3) is 3.35. The Morgan fingerprint density at radius 2 is 2.07 bits per heavy atom. The van der Waals surface area contributed by atoms with Crippen LogP contribution in [0.25, 0.3) is 0 Å². The van der Waals surface area contributed by atoms with Crippen LogP contribution in [0.4, 0.5) is 8.78 Å². The van der Waals surface area contributed by atoms with Gasteiger partial charge in [-0.25, -0.2) is 0 Å². The van der Waals surface area contributed by atoms with Gasteiger partial charge in [0.2, 0.25) is 0 Å². The minimum absolute atomic E-state index is 0.135. The fourth-order valence-corrected chi connectivity index (χ4v) is 1.76. The van der Waals surface area contributed by atoms with Crippen molar-refractivity contribution in [1.82, 2.24) is 0 Å². The number of methoxy groups -OCH3 is 1. The van der Waals surface area contributed by atoms with Crippen molar-refractivity contribution >= 4 is 11.8 Å². The molecule has 2 N–H and O–H groups in total. The zero-order valence-corrected chi connectivity index (χ0v) is 9.35. The number of nitrogens with two attached hydrogens (primary N) is 1. The smallest absolute Gasteiger partial charge is 0.289 e. The number of halogens is 2. The van der Waals surface area contributed by atoms with E-state index in [2.05, 4.69) is 0 Å². The molecule has 5 heteroatoms. The molecule has 0 fully saturated rings. The van der Waals surface area contributed by atoms with Crippen LogP contribution in [0.15, 0.2) is 23.1 Å². The summed E-state index contributed by atoms with van der Waals surface area (Å²) in [6.45, 7) is 1.83. The predicted octanol–water partition coefficient (Wildman–Crippen LogP) is 3.03. The van der Waals surface area contributed by atoms with E-state index in [1.807, 2.05) is 6.92 Å². The fourth-order valence-electron chi connectivity index (χ4n) is 1.16. The average molecular weight is 233 g/mol. The van der Waals surface area contributed by atoms with Crippen LogP contribution in [0, 0.1) is 0 Å². The highest BCUT2D eigenvalue weighted by Gasteiger charge is 2.12. The first-order valence-corrected chi connectivity index (χ1v) is 5.31. The normalized spacial score (nSPS) is 12.9. The number of thioether (sulfide) groups is 1. The predicted molar refractivity (Wildman–Crippen MR) is 57.5 cm³/mol. The highest BCUT2D eigenvalue weighted by atomic mass is 32.2. The lowest BCUT2D eigenvalue weighted by molar-refractivity contribution is 0.251. The molecule has 0 unspecified atom stereocenters. The highest BCUT2D eigenvalue weighted by Crippen LogP contribution is 2.34. The van der Waals surface area contributed by atoms with Crippen molar-refractivity contribution < 1.29 is 13.5 Å². The van der Waals surface area contributed by atoms with Gasteiger partial charge < -0.3 is 10.5 Å². The van der Waals surface area contributed by atoms with Gasteiger partial charge in [0.05, 0.1) is 12.0 Å². The Balaban J connectivity index is 2.98. The molecule has 0 aliphatic rings. The topological polar surface area (TPSA) is 35.2 Å². The van der Waals surface area contributed by atoms with Gasteiger partial charge in [-0.15, -0.1) is 0 Å². The molecule has 0 amide bonds. The maximum absolute atomic E-state index is 12.2. The van der Waals surface area contributed by atoms with Crippen molar-refractivity contribution in [3.8, 4) is 5.75 Å². The monoisotopic (exact) mass is 233 g/mol. The molecule has 0 saturated heterocycles. The zero-order chi connectivity index (χ0) is 11.4. The minimum Gasteiger partial charge on any atom is -0.496 e. The van der Waals surface area contributed by atoms with Crippen LogP contribution in [0.2, 0.25) is 0 Å². The van der Waals surface area contributed by atoms with Crippen LogP contribution < -0.4 is 10.5 Å². The molecule has 0 saturated carbocycles. The molecule has 15 heavy (non-hydrogen) atoms. The van der Waals surface area contributed by atoms with Crippen LogP contribution in [0.5, 0.6) is 5.75 Å². The Hall–Kier alpha value is -0.810. The fraction of sp³-hybridized carbons (Fsp3) is 0.400. The lowest BCUT2D eigenvalue weighted by atomic mass is 10.1. The van der Waals surface area contributed by atoms with Gasteiger partial charge in [-0.1, -0.05) is 17.8 Å². The molecular weight excluding hydrogens is 220 g/mol. The third-order valence-electron chi connectivity index (χ3n) is 1.93. The molecule has 0 aromatic heterocycles. The molecular formula is C10H13F2NOS. The van der Waals surface area contributed by atoms with E-state index < -0.39 is 5.76 Å².